The molecule has 0 amide bonds. The first-order valence-corrected chi connectivity index (χ1v) is 12.5. The van der Waals surface area contributed by atoms with Crippen molar-refractivity contribution in [2.24, 2.45) is 29.4 Å². The standard InChI is InChI=1S/C23H51ClN4O/c1-5-21(13-25)11-7-9-19(3)14-26-17-23(29)18-27-15-20(4)10-8-12-22(6-2)16-28-24/h19-23,26-29H,5-18,25H2,1-4H3. The molecule has 6 N–H and O–H groups in total. The molecule has 0 aliphatic heterocycles. The maximum Gasteiger partial charge on any atom is 0.0788 e. The summed E-state index contributed by atoms with van der Waals surface area (Å²) in [6.07, 6.45) is 9.46. The van der Waals surface area contributed by atoms with E-state index in [9.17, 15) is 5.11 Å². The Labute approximate surface area is 186 Å². The molecule has 0 heterocycles. The van der Waals surface area contributed by atoms with E-state index in [-0.39, 0.29) is 6.10 Å². The van der Waals surface area contributed by atoms with Crippen molar-refractivity contribution in [1.29, 1.82) is 0 Å². The number of halogens is 1. The fraction of sp³-hybridized carbons (Fsp3) is 1.00. The molecule has 0 aromatic rings. The lowest BCUT2D eigenvalue weighted by molar-refractivity contribution is 0.165. The number of nitrogens with two attached hydrogens (primary N) is 1. The summed E-state index contributed by atoms with van der Waals surface area (Å²) >= 11 is 5.62. The van der Waals surface area contributed by atoms with E-state index >= 15 is 0 Å². The number of hydrogen-bond acceptors (Lipinski definition) is 5. The summed E-state index contributed by atoms with van der Waals surface area (Å²) in [5.74, 6) is 2.64. The van der Waals surface area contributed by atoms with Crippen molar-refractivity contribution in [3.8, 4) is 0 Å². The van der Waals surface area contributed by atoms with Gasteiger partial charge in [0, 0.05) is 19.6 Å². The summed E-state index contributed by atoms with van der Waals surface area (Å²) in [6, 6.07) is 0. The van der Waals surface area contributed by atoms with E-state index in [1.54, 1.807) is 0 Å². The van der Waals surface area contributed by atoms with Gasteiger partial charge in [0.25, 0.3) is 0 Å². The third kappa shape index (κ3) is 17.5. The van der Waals surface area contributed by atoms with E-state index in [4.69, 9.17) is 17.5 Å². The molecular weight excluding hydrogens is 384 g/mol. The second-order valence-corrected chi connectivity index (χ2v) is 9.43. The minimum Gasteiger partial charge on any atom is -0.390 e. The van der Waals surface area contributed by atoms with Gasteiger partial charge in [-0.25, -0.2) is 4.84 Å². The van der Waals surface area contributed by atoms with Crippen molar-refractivity contribution >= 4 is 11.8 Å². The van der Waals surface area contributed by atoms with Crippen molar-refractivity contribution in [1.82, 2.24) is 15.5 Å². The summed E-state index contributed by atoms with van der Waals surface area (Å²) < 4.78 is 0. The van der Waals surface area contributed by atoms with Crippen LogP contribution < -0.4 is 21.2 Å². The van der Waals surface area contributed by atoms with Gasteiger partial charge in [-0.15, -0.1) is 0 Å². The van der Waals surface area contributed by atoms with Gasteiger partial charge in [-0.1, -0.05) is 53.4 Å². The number of aliphatic hydroxyl groups excluding tert-OH is 1. The van der Waals surface area contributed by atoms with Crippen LogP contribution in [0.25, 0.3) is 0 Å². The van der Waals surface area contributed by atoms with Crippen LogP contribution in [0.5, 0.6) is 0 Å². The molecule has 5 atom stereocenters. The Balaban J connectivity index is 3.64. The maximum absolute atomic E-state index is 10.2. The predicted molar refractivity (Wildman–Crippen MR) is 128 cm³/mol. The molecule has 29 heavy (non-hydrogen) atoms. The first kappa shape index (κ1) is 29.1. The van der Waals surface area contributed by atoms with E-state index in [1.807, 2.05) is 0 Å². The Hall–Kier alpha value is 0.0900. The Bertz CT molecular complexity index is 345. The average molecular weight is 435 g/mol. The van der Waals surface area contributed by atoms with Crippen LogP contribution in [0.3, 0.4) is 0 Å². The minimum absolute atomic E-state index is 0.324. The highest BCUT2D eigenvalue weighted by Gasteiger charge is 2.10. The largest absolute Gasteiger partial charge is 0.390 e. The van der Waals surface area contributed by atoms with Crippen molar-refractivity contribution < 1.29 is 5.11 Å². The summed E-state index contributed by atoms with van der Waals surface area (Å²) in [5.41, 5.74) is 5.77. The Morgan fingerprint density at radius 2 is 1.24 bits per heavy atom. The lowest BCUT2D eigenvalue weighted by atomic mass is 9.96. The van der Waals surface area contributed by atoms with Crippen LogP contribution in [0.2, 0.25) is 0 Å². The van der Waals surface area contributed by atoms with Crippen molar-refractivity contribution in [2.75, 3.05) is 39.3 Å². The van der Waals surface area contributed by atoms with Crippen molar-refractivity contribution in [3.05, 3.63) is 0 Å². The maximum atomic E-state index is 10.2. The third-order valence-corrected chi connectivity index (χ3v) is 6.37. The summed E-state index contributed by atoms with van der Waals surface area (Å²) in [5, 5.41) is 17.0. The highest BCUT2D eigenvalue weighted by molar-refractivity contribution is 6.13. The fourth-order valence-electron chi connectivity index (χ4n) is 3.83. The second-order valence-electron chi connectivity index (χ2n) is 9.16. The van der Waals surface area contributed by atoms with Crippen molar-refractivity contribution in [3.63, 3.8) is 0 Å². The molecule has 6 heteroatoms. The zero-order chi connectivity index (χ0) is 21.9. The molecule has 176 valence electrons. The number of hydrogen-bond donors (Lipinski definition) is 5. The average Bonchev–Trinajstić information content (AvgIpc) is 2.70. The van der Waals surface area contributed by atoms with Crippen molar-refractivity contribution in [2.45, 2.75) is 85.2 Å². The fourth-order valence-corrected chi connectivity index (χ4v) is 4.05. The molecule has 0 aromatic carbocycles. The Morgan fingerprint density at radius 3 is 1.66 bits per heavy atom. The highest BCUT2D eigenvalue weighted by Crippen LogP contribution is 2.15. The first-order chi connectivity index (χ1) is 14.0. The number of rotatable bonds is 21. The van der Waals surface area contributed by atoms with E-state index in [0.29, 0.717) is 36.8 Å². The van der Waals surface area contributed by atoms with Gasteiger partial charge in [0.05, 0.1) is 6.10 Å². The van der Waals surface area contributed by atoms with E-state index < -0.39 is 0 Å². The molecule has 0 bridgehead atoms. The molecule has 0 aromatic heterocycles. The molecule has 0 fully saturated rings. The van der Waals surface area contributed by atoms with Crippen LogP contribution in [-0.4, -0.2) is 50.5 Å². The lowest BCUT2D eigenvalue weighted by Crippen LogP contribution is -2.38. The number of aliphatic hydroxyl groups is 1. The SMILES string of the molecule is CCC(CN)CCCC(C)CNCC(O)CNCC(C)CCCC(CC)CNCl. The molecule has 0 aliphatic carbocycles. The molecule has 5 unspecified atom stereocenters. The minimum atomic E-state index is -0.324. The van der Waals surface area contributed by atoms with Crippen LogP contribution in [0, 0.1) is 23.7 Å². The molecule has 0 saturated heterocycles. The van der Waals surface area contributed by atoms with Gasteiger partial charge >= 0.3 is 0 Å². The normalized spacial score (nSPS) is 17.1. The predicted octanol–water partition coefficient (Wildman–Crippen LogP) is 3.89. The van der Waals surface area contributed by atoms with Crippen LogP contribution in [0.1, 0.15) is 79.1 Å². The Kier molecular flexibility index (Phi) is 20.1. The van der Waals surface area contributed by atoms with Crippen LogP contribution in [0.4, 0.5) is 0 Å². The highest BCUT2D eigenvalue weighted by atomic mass is 35.5. The zero-order valence-electron chi connectivity index (χ0n) is 19.7. The molecule has 0 aliphatic rings. The molecule has 0 radical (unpaired) electrons. The van der Waals surface area contributed by atoms with Gasteiger partial charge in [0.1, 0.15) is 0 Å². The zero-order valence-corrected chi connectivity index (χ0v) is 20.4. The molecule has 0 rings (SSSR count). The Morgan fingerprint density at radius 1 is 0.759 bits per heavy atom. The van der Waals surface area contributed by atoms with Gasteiger partial charge in [-0.05, 0) is 80.8 Å². The topological polar surface area (TPSA) is 82.3 Å². The van der Waals surface area contributed by atoms with Gasteiger partial charge in [0.15, 0.2) is 0 Å². The van der Waals surface area contributed by atoms with Gasteiger partial charge in [-0.2, -0.15) is 0 Å². The van der Waals surface area contributed by atoms with E-state index in [2.05, 4.69) is 43.2 Å². The number of nitrogens with one attached hydrogen (secondary N) is 3. The van der Waals surface area contributed by atoms with Crippen LogP contribution in [-0.2, 0) is 0 Å². The quantitative estimate of drug-likeness (QED) is 0.177. The van der Waals surface area contributed by atoms with Gasteiger partial charge < -0.3 is 21.5 Å². The smallest absolute Gasteiger partial charge is 0.0788 e. The van der Waals surface area contributed by atoms with Gasteiger partial charge in [0.2, 0.25) is 0 Å². The molecule has 0 saturated carbocycles. The van der Waals surface area contributed by atoms with Crippen LogP contribution >= 0.6 is 11.8 Å². The lowest BCUT2D eigenvalue weighted by Gasteiger charge is -2.19. The molecule has 0 spiro atoms. The summed E-state index contributed by atoms with van der Waals surface area (Å²) in [4.78, 5) is 2.77. The third-order valence-electron chi connectivity index (χ3n) is 6.22. The molecular formula is C23H51ClN4O. The second kappa shape index (κ2) is 20.0. The van der Waals surface area contributed by atoms with Gasteiger partial charge in [-0.3, -0.25) is 0 Å². The van der Waals surface area contributed by atoms with E-state index in [1.165, 1.54) is 51.4 Å². The summed E-state index contributed by atoms with van der Waals surface area (Å²) in [6.45, 7) is 14.0. The van der Waals surface area contributed by atoms with E-state index in [0.717, 1.165) is 26.2 Å². The monoisotopic (exact) mass is 434 g/mol. The summed E-state index contributed by atoms with van der Waals surface area (Å²) in [7, 11) is 0. The molecule has 5 nitrogen and oxygen atoms in total. The van der Waals surface area contributed by atoms with Crippen LogP contribution in [0.15, 0.2) is 0 Å². The first-order valence-electron chi connectivity index (χ1n) is 12.1.